The molecule has 0 N–H and O–H groups in total. The van der Waals surface area contributed by atoms with Gasteiger partial charge in [0, 0.05) is 13.1 Å². The number of amides is 1. The Kier molecular flexibility index (Phi) is 3.99. The Bertz CT molecular complexity index is 288. The Balaban J connectivity index is 2.58. The molecule has 7 heteroatoms. The maximum Gasteiger partial charge on any atom is 0.483 e. The molecule has 1 aliphatic heterocycles. The predicted molar refractivity (Wildman–Crippen MR) is 59.9 cm³/mol. The van der Waals surface area contributed by atoms with Gasteiger partial charge in [-0.3, -0.25) is 0 Å². The van der Waals surface area contributed by atoms with Crippen molar-refractivity contribution in [2.24, 2.45) is 0 Å². The standard InChI is InChI=1S/C10H18BF3NO2/c1-10(2,3)17-9(16)15-6-4-5-8(7-15)11(12,13)14/h8H,4-7H2,1-3H3/q-1. The quantitative estimate of drug-likeness (QED) is 0.670. The summed E-state index contributed by atoms with van der Waals surface area (Å²) >= 11 is 0. The van der Waals surface area contributed by atoms with Crippen LogP contribution in [0.15, 0.2) is 0 Å². The van der Waals surface area contributed by atoms with E-state index in [0.29, 0.717) is 13.0 Å². The van der Waals surface area contributed by atoms with Crippen LogP contribution in [0.5, 0.6) is 0 Å². The lowest BCUT2D eigenvalue weighted by molar-refractivity contribution is 0.0207. The maximum absolute atomic E-state index is 12.6. The van der Waals surface area contributed by atoms with E-state index >= 15 is 0 Å². The third kappa shape index (κ3) is 4.48. The Hall–Kier alpha value is -0.875. The van der Waals surface area contributed by atoms with Crippen molar-refractivity contribution in [2.75, 3.05) is 13.1 Å². The SMILES string of the molecule is CC(C)(C)OC(=O)N1CCCC([B-](F)(F)F)C1. The summed E-state index contributed by atoms with van der Waals surface area (Å²) in [5, 5.41) is 0. The van der Waals surface area contributed by atoms with E-state index < -0.39 is 24.5 Å². The highest BCUT2D eigenvalue weighted by molar-refractivity contribution is 6.60. The van der Waals surface area contributed by atoms with Crippen molar-refractivity contribution in [1.82, 2.24) is 4.90 Å². The molecule has 1 saturated heterocycles. The van der Waals surface area contributed by atoms with Crippen LogP contribution in [0, 0.1) is 0 Å². The van der Waals surface area contributed by atoms with E-state index in [9.17, 15) is 17.7 Å². The second-order valence-electron chi connectivity index (χ2n) is 5.45. The van der Waals surface area contributed by atoms with E-state index in [1.807, 2.05) is 0 Å². The Morgan fingerprint density at radius 3 is 2.41 bits per heavy atom. The summed E-state index contributed by atoms with van der Waals surface area (Å²) in [4.78, 5) is 12.8. The van der Waals surface area contributed by atoms with Gasteiger partial charge in [0.05, 0.1) is 0 Å². The number of rotatable bonds is 1. The number of ether oxygens (including phenoxy) is 1. The molecule has 0 aromatic rings. The zero-order valence-electron chi connectivity index (χ0n) is 10.4. The van der Waals surface area contributed by atoms with Crippen molar-refractivity contribution in [2.45, 2.75) is 45.0 Å². The first-order valence-electron chi connectivity index (χ1n) is 5.77. The van der Waals surface area contributed by atoms with E-state index in [2.05, 4.69) is 0 Å². The largest absolute Gasteiger partial charge is 0.483 e. The second kappa shape index (κ2) is 4.78. The first kappa shape index (κ1) is 14.2. The molecule has 0 aromatic heterocycles. The molecule has 0 radical (unpaired) electrons. The monoisotopic (exact) mass is 252 g/mol. The number of likely N-dealkylation sites (tertiary alicyclic amines) is 1. The molecule has 3 nitrogen and oxygen atoms in total. The van der Waals surface area contributed by atoms with Crippen LogP contribution in [0.1, 0.15) is 33.6 Å². The zero-order valence-corrected chi connectivity index (χ0v) is 10.4. The van der Waals surface area contributed by atoms with Gasteiger partial charge in [0.1, 0.15) is 5.60 Å². The molecule has 1 amide bonds. The summed E-state index contributed by atoms with van der Waals surface area (Å²) in [7, 11) is 0. The van der Waals surface area contributed by atoms with Crippen LogP contribution in [0.3, 0.4) is 0 Å². The highest BCUT2D eigenvalue weighted by atomic mass is 19.4. The fourth-order valence-electron chi connectivity index (χ4n) is 1.81. The minimum absolute atomic E-state index is 0.114. The van der Waals surface area contributed by atoms with Gasteiger partial charge >= 0.3 is 13.1 Å². The molecule has 1 heterocycles. The third-order valence-corrected chi connectivity index (χ3v) is 2.64. The highest BCUT2D eigenvalue weighted by Crippen LogP contribution is 2.34. The summed E-state index contributed by atoms with van der Waals surface area (Å²) in [6.07, 6.45) is -0.157. The molecule has 1 fully saturated rings. The van der Waals surface area contributed by atoms with Crippen molar-refractivity contribution in [3.05, 3.63) is 0 Å². The summed E-state index contributed by atoms with van der Waals surface area (Å²) in [5.74, 6) is -1.36. The molecule has 1 aliphatic rings. The number of carbonyl (C=O) groups is 1. The van der Waals surface area contributed by atoms with Crippen molar-refractivity contribution in [3.63, 3.8) is 0 Å². The normalized spacial score (nSPS) is 22.5. The summed E-state index contributed by atoms with van der Waals surface area (Å²) in [5.41, 5.74) is -0.673. The average molecular weight is 252 g/mol. The van der Waals surface area contributed by atoms with E-state index in [1.54, 1.807) is 20.8 Å². The first-order chi connectivity index (χ1) is 7.59. The summed E-state index contributed by atoms with van der Waals surface area (Å²) in [6, 6.07) is 0. The molecule has 0 bridgehead atoms. The molecule has 0 aromatic carbocycles. The number of hydrogen-bond acceptors (Lipinski definition) is 2. The average Bonchev–Trinajstić information content (AvgIpc) is 2.14. The van der Waals surface area contributed by atoms with Gasteiger partial charge in [-0.1, -0.05) is 12.2 Å². The molecule has 17 heavy (non-hydrogen) atoms. The van der Waals surface area contributed by atoms with Crippen LogP contribution in [0.4, 0.5) is 17.7 Å². The predicted octanol–water partition coefficient (Wildman–Crippen LogP) is 3.23. The molecule has 0 saturated carbocycles. The Morgan fingerprint density at radius 2 is 1.94 bits per heavy atom. The zero-order chi connectivity index (χ0) is 13.3. The van der Waals surface area contributed by atoms with Crippen molar-refractivity contribution < 1.29 is 22.5 Å². The molecule has 1 unspecified atom stereocenters. The van der Waals surface area contributed by atoms with Crippen molar-refractivity contribution in [1.29, 1.82) is 0 Å². The van der Waals surface area contributed by atoms with Gasteiger partial charge in [-0.15, -0.1) is 0 Å². The summed E-state index contributed by atoms with van der Waals surface area (Å²) in [6.45, 7) is 0.290. The number of hydrogen-bond donors (Lipinski definition) is 0. The lowest BCUT2D eigenvalue weighted by Gasteiger charge is -2.38. The molecule has 0 aliphatic carbocycles. The molecule has 0 spiro atoms. The van der Waals surface area contributed by atoms with Gasteiger partial charge in [-0.05, 0) is 27.2 Å². The van der Waals surface area contributed by atoms with Crippen molar-refractivity contribution in [3.8, 4) is 0 Å². The van der Waals surface area contributed by atoms with Gasteiger partial charge in [-0.2, -0.15) is 0 Å². The minimum Gasteiger partial charge on any atom is -0.449 e. The molecule has 1 rings (SSSR count). The van der Waals surface area contributed by atoms with E-state index in [1.165, 1.54) is 0 Å². The number of carbonyl (C=O) groups excluding carboxylic acids is 1. The van der Waals surface area contributed by atoms with Gasteiger partial charge in [-0.25, -0.2) is 4.79 Å². The topological polar surface area (TPSA) is 29.5 Å². The Morgan fingerprint density at radius 1 is 1.35 bits per heavy atom. The van der Waals surface area contributed by atoms with Gasteiger partial charge < -0.3 is 22.6 Å². The Labute approximate surface area is 99.4 Å². The minimum atomic E-state index is -4.87. The van der Waals surface area contributed by atoms with Crippen molar-refractivity contribution >= 4 is 13.1 Å². The van der Waals surface area contributed by atoms with E-state index in [-0.39, 0.29) is 13.0 Å². The lowest BCUT2D eigenvalue weighted by Crippen LogP contribution is -2.45. The molecule has 1 atom stereocenters. The number of halogens is 3. The molecular weight excluding hydrogens is 234 g/mol. The van der Waals surface area contributed by atoms with E-state index in [0.717, 1.165) is 4.90 Å². The van der Waals surface area contributed by atoms with Gasteiger partial charge in [0.25, 0.3) is 0 Å². The fraction of sp³-hybridized carbons (Fsp3) is 0.900. The van der Waals surface area contributed by atoms with Crippen LogP contribution in [-0.4, -0.2) is 36.7 Å². The van der Waals surface area contributed by atoms with Crippen LogP contribution < -0.4 is 0 Å². The van der Waals surface area contributed by atoms with Gasteiger partial charge in [0.15, 0.2) is 0 Å². The number of nitrogens with zero attached hydrogens (tertiary/aromatic N) is 1. The van der Waals surface area contributed by atoms with E-state index in [4.69, 9.17) is 4.74 Å². The third-order valence-electron chi connectivity index (χ3n) is 2.64. The summed E-state index contributed by atoms with van der Waals surface area (Å²) < 4.78 is 42.9. The lowest BCUT2D eigenvalue weighted by atomic mass is 9.68. The molecular formula is C10H18BF3NO2-. The fourth-order valence-corrected chi connectivity index (χ4v) is 1.81. The maximum atomic E-state index is 12.6. The second-order valence-corrected chi connectivity index (χ2v) is 5.45. The molecule has 100 valence electrons. The smallest absolute Gasteiger partial charge is 0.449 e. The van der Waals surface area contributed by atoms with Crippen LogP contribution in [0.25, 0.3) is 0 Å². The van der Waals surface area contributed by atoms with Crippen LogP contribution >= 0.6 is 0 Å². The van der Waals surface area contributed by atoms with Gasteiger partial charge in [0.2, 0.25) is 0 Å². The number of piperidine rings is 1. The van der Waals surface area contributed by atoms with Crippen LogP contribution in [0.2, 0.25) is 5.82 Å². The van der Waals surface area contributed by atoms with Crippen LogP contribution in [-0.2, 0) is 4.74 Å². The first-order valence-corrected chi connectivity index (χ1v) is 5.77. The highest BCUT2D eigenvalue weighted by Gasteiger charge is 2.39.